The largest absolute Gasteiger partial charge is 0.459 e. The maximum absolute atomic E-state index is 13.2. The topological polar surface area (TPSA) is 99.1 Å². The molecule has 8 nitrogen and oxygen atoms in total. The number of amides is 1. The Hall–Kier alpha value is -4.46. The Balaban J connectivity index is 1.57. The number of nitrogens with one attached hydrogen (secondary N) is 1. The van der Waals surface area contributed by atoms with Gasteiger partial charge >= 0.3 is 5.69 Å². The molecule has 0 aliphatic carbocycles. The van der Waals surface area contributed by atoms with Gasteiger partial charge in [0.15, 0.2) is 0 Å². The summed E-state index contributed by atoms with van der Waals surface area (Å²) in [7, 11) is 2.92. The fourth-order valence-electron chi connectivity index (χ4n) is 3.91. The molecule has 0 aliphatic heterocycles. The van der Waals surface area contributed by atoms with E-state index in [0.717, 1.165) is 21.1 Å². The number of hydrogen-bond donors (Lipinski definition) is 1. The number of aryl methyl sites for hydroxylation is 1. The van der Waals surface area contributed by atoms with E-state index in [9.17, 15) is 14.4 Å². The number of rotatable bonds is 4. The first-order valence-corrected chi connectivity index (χ1v) is 10.3. The number of fused-ring (bicyclic) bond motifs is 2. The van der Waals surface area contributed by atoms with E-state index >= 15 is 0 Å². The first kappa shape index (κ1) is 20.4. The summed E-state index contributed by atoms with van der Waals surface area (Å²) in [6, 6.07) is 19.9. The van der Waals surface area contributed by atoms with Gasteiger partial charge in [-0.1, -0.05) is 48.5 Å². The molecule has 164 valence electrons. The number of carbonyl (C=O) groups excluding carboxylic acids is 1. The van der Waals surface area contributed by atoms with E-state index in [4.69, 9.17) is 4.42 Å². The summed E-state index contributed by atoms with van der Waals surface area (Å²) in [6.07, 6.45) is 1.36. The van der Waals surface area contributed by atoms with Crippen molar-refractivity contribution in [3.05, 3.63) is 111 Å². The molecule has 3 heterocycles. The van der Waals surface area contributed by atoms with Gasteiger partial charge in [0.05, 0.1) is 10.9 Å². The van der Waals surface area contributed by atoms with Gasteiger partial charge in [-0.3, -0.25) is 18.7 Å². The number of hydrogen-bond acceptors (Lipinski definition) is 5. The number of furan rings is 1. The molecule has 8 heteroatoms. The Morgan fingerprint density at radius 1 is 0.970 bits per heavy atom. The summed E-state index contributed by atoms with van der Waals surface area (Å²) in [4.78, 5) is 42.2. The lowest BCUT2D eigenvalue weighted by Gasteiger charge is -2.17. The van der Waals surface area contributed by atoms with Crippen molar-refractivity contribution < 1.29 is 9.21 Å². The molecular formula is C25H20N4O4. The van der Waals surface area contributed by atoms with Gasteiger partial charge in [-0.15, -0.1) is 0 Å². The van der Waals surface area contributed by atoms with Gasteiger partial charge in [0.2, 0.25) is 0 Å². The van der Waals surface area contributed by atoms with Crippen LogP contribution in [0.3, 0.4) is 0 Å². The predicted octanol–water partition coefficient (Wildman–Crippen LogP) is 2.90. The molecule has 3 aromatic heterocycles. The second kappa shape index (κ2) is 7.90. The van der Waals surface area contributed by atoms with Gasteiger partial charge in [-0.05, 0) is 23.8 Å². The summed E-state index contributed by atoms with van der Waals surface area (Å²) in [5.41, 5.74) is 1.00. The van der Waals surface area contributed by atoms with Gasteiger partial charge in [0, 0.05) is 25.7 Å². The molecule has 1 amide bonds. The van der Waals surface area contributed by atoms with E-state index < -0.39 is 23.2 Å². The van der Waals surface area contributed by atoms with Crippen molar-refractivity contribution in [2.24, 2.45) is 14.1 Å². The molecule has 33 heavy (non-hydrogen) atoms. The van der Waals surface area contributed by atoms with Crippen molar-refractivity contribution in [3.8, 4) is 0 Å². The number of para-hydroxylation sites is 1. The Morgan fingerprint density at radius 2 is 1.70 bits per heavy atom. The molecule has 2 aromatic carbocycles. The maximum Gasteiger partial charge on any atom is 0.332 e. The lowest BCUT2D eigenvalue weighted by Crippen LogP contribution is -2.37. The van der Waals surface area contributed by atoms with Crippen molar-refractivity contribution >= 4 is 27.9 Å². The Kier molecular flexibility index (Phi) is 4.90. The average Bonchev–Trinajstić information content (AvgIpc) is 3.28. The third-order valence-electron chi connectivity index (χ3n) is 5.69. The van der Waals surface area contributed by atoms with Gasteiger partial charge in [0.1, 0.15) is 23.0 Å². The van der Waals surface area contributed by atoms with Crippen molar-refractivity contribution in [1.29, 1.82) is 0 Å². The highest BCUT2D eigenvalue weighted by atomic mass is 16.3. The summed E-state index contributed by atoms with van der Waals surface area (Å²) in [6.45, 7) is 0. The minimum Gasteiger partial charge on any atom is -0.459 e. The van der Waals surface area contributed by atoms with E-state index in [0.29, 0.717) is 5.76 Å². The lowest BCUT2D eigenvalue weighted by atomic mass is 10.0. The molecule has 0 saturated carbocycles. The quantitative estimate of drug-likeness (QED) is 0.463. The summed E-state index contributed by atoms with van der Waals surface area (Å²) < 4.78 is 8.30. The fraction of sp³-hybridized carbons (Fsp3) is 0.120. The van der Waals surface area contributed by atoms with Gasteiger partial charge < -0.3 is 9.73 Å². The first-order chi connectivity index (χ1) is 15.9. The van der Waals surface area contributed by atoms with Crippen LogP contribution in [0, 0.1) is 0 Å². The number of nitrogens with zero attached hydrogens (tertiary/aromatic N) is 3. The molecule has 0 aliphatic rings. The van der Waals surface area contributed by atoms with E-state index in [2.05, 4.69) is 10.3 Å². The molecule has 5 rings (SSSR count). The van der Waals surface area contributed by atoms with Crippen LogP contribution in [0.25, 0.3) is 22.0 Å². The summed E-state index contributed by atoms with van der Waals surface area (Å²) in [5, 5.41) is 4.12. The molecule has 5 aromatic rings. The Labute approximate surface area is 187 Å². The number of aromatic nitrogens is 3. The zero-order valence-electron chi connectivity index (χ0n) is 18.0. The zero-order chi connectivity index (χ0) is 23.1. The number of benzene rings is 2. The van der Waals surface area contributed by atoms with Crippen molar-refractivity contribution in [1.82, 2.24) is 19.4 Å². The molecular weight excluding hydrogens is 420 g/mol. The molecule has 0 fully saturated rings. The van der Waals surface area contributed by atoms with Crippen LogP contribution in [-0.4, -0.2) is 20.0 Å². The highest BCUT2D eigenvalue weighted by Gasteiger charge is 2.22. The zero-order valence-corrected chi connectivity index (χ0v) is 18.0. The van der Waals surface area contributed by atoms with Gasteiger partial charge in [-0.2, -0.15) is 0 Å². The monoisotopic (exact) mass is 440 g/mol. The Morgan fingerprint density at radius 3 is 2.45 bits per heavy atom. The molecule has 0 radical (unpaired) electrons. The predicted molar refractivity (Wildman–Crippen MR) is 124 cm³/mol. The number of carbonyl (C=O) groups is 1. The van der Waals surface area contributed by atoms with Crippen LogP contribution < -0.4 is 16.6 Å². The highest BCUT2D eigenvalue weighted by molar-refractivity contribution is 5.97. The van der Waals surface area contributed by atoms with Gasteiger partial charge in [-0.25, -0.2) is 9.78 Å². The summed E-state index contributed by atoms with van der Waals surface area (Å²) >= 11 is 0. The van der Waals surface area contributed by atoms with E-state index in [-0.39, 0.29) is 16.6 Å². The SMILES string of the molecule is Cn1c(=O)c2cc(C(=O)N[C@H](c3ccccc3)c3cc4ccccc4o3)cnc2n(C)c1=O. The average molecular weight is 440 g/mol. The van der Waals surface area contributed by atoms with Crippen LogP contribution >= 0.6 is 0 Å². The second-order valence-corrected chi connectivity index (χ2v) is 7.80. The van der Waals surface area contributed by atoms with E-state index in [1.165, 1.54) is 30.9 Å². The molecule has 1 atom stereocenters. The van der Waals surface area contributed by atoms with Crippen LogP contribution in [-0.2, 0) is 14.1 Å². The third-order valence-corrected chi connectivity index (χ3v) is 5.69. The van der Waals surface area contributed by atoms with E-state index in [1.54, 1.807) is 0 Å². The normalized spacial score (nSPS) is 12.2. The van der Waals surface area contributed by atoms with Crippen LogP contribution in [0.2, 0.25) is 0 Å². The molecule has 0 unspecified atom stereocenters. The fourth-order valence-corrected chi connectivity index (χ4v) is 3.91. The first-order valence-electron chi connectivity index (χ1n) is 10.3. The lowest BCUT2D eigenvalue weighted by molar-refractivity contribution is 0.0939. The maximum atomic E-state index is 13.2. The van der Waals surface area contributed by atoms with Crippen molar-refractivity contribution in [3.63, 3.8) is 0 Å². The summed E-state index contributed by atoms with van der Waals surface area (Å²) in [5.74, 6) is 0.164. The molecule has 1 N–H and O–H groups in total. The van der Waals surface area contributed by atoms with Crippen LogP contribution in [0.15, 0.2) is 86.9 Å². The molecule has 0 bridgehead atoms. The molecule has 0 saturated heterocycles. The Bertz CT molecular complexity index is 1600. The van der Waals surface area contributed by atoms with E-state index in [1.807, 2.05) is 60.7 Å². The van der Waals surface area contributed by atoms with Crippen LogP contribution in [0.5, 0.6) is 0 Å². The van der Waals surface area contributed by atoms with Crippen molar-refractivity contribution in [2.75, 3.05) is 0 Å². The minimum atomic E-state index is -0.551. The van der Waals surface area contributed by atoms with Crippen LogP contribution in [0.1, 0.15) is 27.7 Å². The second-order valence-electron chi connectivity index (χ2n) is 7.80. The smallest absolute Gasteiger partial charge is 0.332 e. The molecule has 0 spiro atoms. The minimum absolute atomic E-state index is 0.187. The standard InChI is InChI=1S/C25H20N4O4/c1-28-22-18(24(31)29(2)25(28)32)12-17(14-26-22)23(30)27-21(15-8-4-3-5-9-15)20-13-16-10-6-7-11-19(16)33-20/h3-14,21H,1-2H3,(H,27,30)/t21-/m1/s1. The van der Waals surface area contributed by atoms with Crippen molar-refractivity contribution in [2.45, 2.75) is 6.04 Å². The third kappa shape index (κ3) is 3.51. The van der Waals surface area contributed by atoms with Gasteiger partial charge in [0.25, 0.3) is 11.5 Å². The number of pyridine rings is 1. The highest BCUT2D eigenvalue weighted by Crippen LogP contribution is 2.28. The van der Waals surface area contributed by atoms with Crippen LogP contribution in [0.4, 0.5) is 0 Å².